The van der Waals surface area contributed by atoms with Gasteiger partial charge in [-0.3, -0.25) is 4.79 Å². The number of rotatable bonds is 10. The van der Waals surface area contributed by atoms with Gasteiger partial charge in [-0.2, -0.15) is 0 Å². The molecule has 6 nitrogen and oxygen atoms in total. The average Bonchev–Trinajstić information content (AvgIpc) is 2.66. The third kappa shape index (κ3) is 8.50. The van der Waals surface area contributed by atoms with Crippen LogP contribution in [0.4, 0.5) is 0 Å². The number of Topliss-reactive ketones (excluding diaryl/α,β-unsaturated/α-hetero) is 1. The van der Waals surface area contributed by atoms with E-state index in [4.69, 9.17) is 18.9 Å². The Hall–Kier alpha value is -1.76. The lowest BCUT2D eigenvalue weighted by Gasteiger charge is -2.28. The van der Waals surface area contributed by atoms with Crippen LogP contribution < -0.4 is 0 Å². The van der Waals surface area contributed by atoms with E-state index in [1.807, 2.05) is 30.3 Å². The zero-order chi connectivity index (χ0) is 20.4. The van der Waals surface area contributed by atoms with Crippen LogP contribution in [-0.4, -0.2) is 49.4 Å². The molecule has 1 aliphatic rings. The molecule has 2 atom stereocenters. The number of carbonyl (C=O) groups excluding carboxylic acids is 2. The summed E-state index contributed by atoms with van der Waals surface area (Å²) in [6, 6.07) is 9.85. The molecule has 0 amide bonds. The van der Waals surface area contributed by atoms with E-state index in [2.05, 4.69) is 0 Å². The zero-order valence-electron chi connectivity index (χ0n) is 17.1. The van der Waals surface area contributed by atoms with Crippen LogP contribution in [0.15, 0.2) is 30.3 Å². The molecule has 0 bridgehead atoms. The van der Waals surface area contributed by atoms with Crippen molar-refractivity contribution in [3.8, 4) is 0 Å². The standard InChI is InChI=1S/C22H32O6/c1-22(2,3)28-21(24)20(27-18-11-7-13-26-16-18)19(23)12-8-14-25-15-17-9-5-4-6-10-17/h4-6,9-10,18,20H,7-8,11-16H2,1-3H3. The predicted molar refractivity (Wildman–Crippen MR) is 105 cm³/mol. The Kier molecular flexibility index (Phi) is 9.09. The first kappa shape index (κ1) is 22.5. The fourth-order valence-electron chi connectivity index (χ4n) is 2.87. The third-order valence-electron chi connectivity index (χ3n) is 4.18. The molecule has 1 aliphatic heterocycles. The van der Waals surface area contributed by atoms with Crippen molar-refractivity contribution in [1.82, 2.24) is 0 Å². The quantitative estimate of drug-likeness (QED) is 0.345. The highest BCUT2D eigenvalue weighted by atomic mass is 16.6. The number of esters is 1. The molecule has 1 aromatic carbocycles. The summed E-state index contributed by atoms with van der Waals surface area (Å²) in [6.45, 7) is 7.33. The molecule has 0 aromatic heterocycles. The summed E-state index contributed by atoms with van der Waals surface area (Å²) < 4.78 is 22.2. The third-order valence-corrected chi connectivity index (χ3v) is 4.18. The Labute approximate surface area is 167 Å². The molecule has 156 valence electrons. The Bertz CT molecular complexity index is 601. The summed E-state index contributed by atoms with van der Waals surface area (Å²) in [5.41, 5.74) is 0.405. The van der Waals surface area contributed by atoms with Gasteiger partial charge in [0.1, 0.15) is 5.60 Å². The average molecular weight is 392 g/mol. The van der Waals surface area contributed by atoms with Crippen molar-refractivity contribution in [2.45, 2.75) is 70.9 Å². The van der Waals surface area contributed by atoms with Gasteiger partial charge in [-0.25, -0.2) is 4.79 Å². The molecule has 2 unspecified atom stereocenters. The van der Waals surface area contributed by atoms with E-state index < -0.39 is 17.7 Å². The summed E-state index contributed by atoms with van der Waals surface area (Å²) in [4.78, 5) is 25.2. The highest BCUT2D eigenvalue weighted by Gasteiger charge is 2.34. The van der Waals surface area contributed by atoms with Gasteiger partial charge >= 0.3 is 5.97 Å². The second-order valence-electron chi connectivity index (χ2n) is 8.00. The molecule has 0 aliphatic carbocycles. The first-order valence-corrected chi connectivity index (χ1v) is 9.95. The maximum atomic E-state index is 12.7. The summed E-state index contributed by atoms with van der Waals surface area (Å²) in [7, 11) is 0. The highest BCUT2D eigenvalue weighted by Crippen LogP contribution is 2.17. The summed E-state index contributed by atoms with van der Waals surface area (Å²) in [5.74, 6) is -0.906. The van der Waals surface area contributed by atoms with E-state index in [0.717, 1.165) is 18.4 Å². The van der Waals surface area contributed by atoms with Crippen molar-refractivity contribution >= 4 is 11.8 Å². The van der Waals surface area contributed by atoms with E-state index >= 15 is 0 Å². The highest BCUT2D eigenvalue weighted by molar-refractivity contribution is 6.02. The number of hydrogen-bond acceptors (Lipinski definition) is 6. The minimum Gasteiger partial charge on any atom is -0.458 e. The molecule has 1 heterocycles. The van der Waals surface area contributed by atoms with E-state index in [9.17, 15) is 9.59 Å². The largest absolute Gasteiger partial charge is 0.458 e. The van der Waals surface area contributed by atoms with Crippen molar-refractivity contribution < 1.29 is 28.5 Å². The summed E-state index contributed by atoms with van der Waals surface area (Å²) in [5, 5.41) is 0. The van der Waals surface area contributed by atoms with Gasteiger partial charge in [0.2, 0.25) is 6.10 Å². The molecule has 0 N–H and O–H groups in total. The van der Waals surface area contributed by atoms with Gasteiger partial charge in [-0.15, -0.1) is 0 Å². The smallest absolute Gasteiger partial charge is 0.343 e. The summed E-state index contributed by atoms with van der Waals surface area (Å²) >= 11 is 0. The summed E-state index contributed by atoms with van der Waals surface area (Å²) in [6.07, 6.45) is 0.881. The van der Waals surface area contributed by atoms with Crippen LogP contribution in [0.3, 0.4) is 0 Å². The van der Waals surface area contributed by atoms with E-state index in [-0.39, 0.29) is 18.3 Å². The molecule has 6 heteroatoms. The second kappa shape index (κ2) is 11.3. The van der Waals surface area contributed by atoms with Gasteiger partial charge in [0.25, 0.3) is 0 Å². The lowest BCUT2D eigenvalue weighted by atomic mass is 10.1. The number of carbonyl (C=O) groups is 2. The minimum atomic E-state index is -1.21. The van der Waals surface area contributed by atoms with Crippen molar-refractivity contribution in [2.24, 2.45) is 0 Å². The minimum absolute atomic E-state index is 0.201. The molecular formula is C22H32O6. The van der Waals surface area contributed by atoms with Crippen LogP contribution in [-0.2, 0) is 35.1 Å². The van der Waals surface area contributed by atoms with Crippen LogP contribution in [0, 0.1) is 0 Å². The van der Waals surface area contributed by atoms with Crippen LogP contribution in [0.5, 0.6) is 0 Å². The number of benzene rings is 1. The molecule has 0 saturated carbocycles. The van der Waals surface area contributed by atoms with Crippen molar-refractivity contribution in [1.29, 1.82) is 0 Å². The van der Waals surface area contributed by atoms with Gasteiger partial charge in [0.15, 0.2) is 5.78 Å². The SMILES string of the molecule is CC(C)(C)OC(=O)C(OC1CCCOC1)C(=O)CCCOCc1ccccc1. The topological polar surface area (TPSA) is 71.1 Å². The molecule has 2 rings (SSSR count). The zero-order valence-corrected chi connectivity index (χ0v) is 17.1. The van der Waals surface area contributed by atoms with Gasteiger partial charge in [0.05, 0.1) is 19.3 Å². The molecule has 1 saturated heterocycles. The molecule has 1 fully saturated rings. The lowest BCUT2D eigenvalue weighted by molar-refractivity contribution is -0.179. The first-order valence-electron chi connectivity index (χ1n) is 9.95. The van der Waals surface area contributed by atoms with Gasteiger partial charge in [-0.1, -0.05) is 30.3 Å². The van der Waals surface area contributed by atoms with Gasteiger partial charge < -0.3 is 18.9 Å². The Balaban J connectivity index is 1.82. The molecule has 28 heavy (non-hydrogen) atoms. The van der Waals surface area contributed by atoms with Crippen molar-refractivity contribution in [3.63, 3.8) is 0 Å². The van der Waals surface area contributed by atoms with Gasteiger partial charge in [-0.05, 0) is 45.6 Å². The van der Waals surface area contributed by atoms with Crippen LogP contribution in [0.1, 0.15) is 52.0 Å². The molecule has 0 radical (unpaired) electrons. The Morgan fingerprint density at radius 3 is 2.61 bits per heavy atom. The van der Waals surface area contributed by atoms with Crippen molar-refractivity contribution in [3.05, 3.63) is 35.9 Å². The number of ether oxygens (including phenoxy) is 4. The normalized spacial score (nSPS) is 18.5. The number of ketones is 1. The van der Waals surface area contributed by atoms with Crippen LogP contribution in [0.2, 0.25) is 0 Å². The van der Waals surface area contributed by atoms with E-state index in [1.165, 1.54) is 0 Å². The van der Waals surface area contributed by atoms with E-state index in [1.54, 1.807) is 20.8 Å². The fourth-order valence-corrected chi connectivity index (χ4v) is 2.87. The Morgan fingerprint density at radius 1 is 1.21 bits per heavy atom. The Morgan fingerprint density at radius 2 is 1.96 bits per heavy atom. The number of hydrogen-bond donors (Lipinski definition) is 0. The lowest BCUT2D eigenvalue weighted by Crippen LogP contribution is -2.42. The predicted octanol–water partition coefficient (Wildman–Crippen LogP) is 3.46. The fraction of sp³-hybridized carbons (Fsp3) is 0.636. The second-order valence-corrected chi connectivity index (χ2v) is 8.00. The molecule has 0 spiro atoms. The first-order chi connectivity index (χ1) is 13.3. The van der Waals surface area contributed by atoms with Crippen LogP contribution >= 0.6 is 0 Å². The maximum Gasteiger partial charge on any atom is 0.343 e. The maximum absolute atomic E-state index is 12.7. The monoisotopic (exact) mass is 392 g/mol. The molecule has 1 aromatic rings. The van der Waals surface area contributed by atoms with Crippen molar-refractivity contribution in [2.75, 3.05) is 19.8 Å². The van der Waals surface area contributed by atoms with Crippen LogP contribution in [0.25, 0.3) is 0 Å². The van der Waals surface area contributed by atoms with Gasteiger partial charge in [0, 0.05) is 19.6 Å². The van der Waals surface area contributed by atoms with E-state index in [0.29, 0.717) is 32.8 Å². The molecular weight excluding hydrogens is 360 g/mol.